The minimum Gasteiger partial charge on any atom is -0.486 e. The van der Waals surface area contributed by atoms with Gasteiger partial charge in [-0.05, 0) is 54.8 Å². The lowest BCUT2D eigenvalue weighted by atomic mass is 9.94. The van der Waals surface area contributed by atoms with E-state index in [-0.39, 0.29) is 17.9 Å². The van der Waals surface area contributed by atoms with Crippen molar-refractivity contribution < 1.29 is 14.3 Å². The molecule has 28 heavy (non-hydrogen) atoms. The van der Waals surface area contributed by atoms with E-state index in [4.69, 9.17) is 14.7 Å². The van der Waals surface area contributed by atoms with Crippen LogP contribution in [0.25, 0.3) is 0 Å². The Kier molecular flexibility index (Phi) is 6.17. The van der Waals surface area contributed by atoms with E-state index < -0.39 is 6.04 Å². The fourth-order valence-electron chi connectivity index (χ4n) is 3.15. The van der Waals surface area contributed by atoms with Gasteiger partial charge in [0.05, 0.1) is 17.7 Å². The van der Waals surface area contributed by atoms with Gasteiger partial charge in [0.2, 0.25) is 5.91 Å². The fraction of sp³-hybridized carbons (Fsp3) is 0.364. The van der Waals surface area contributed by atoms with E-state index in [2.05, 4.69) is 30.6 Å². The minimum atomic E-state index is -0.406. The molecule has 2 N–H and O–H groups in total. The number of ether oxygens (including phenoxy) is 2. The topological polar surface area (TPSA) is 83.4 Å². The molecule has 2 aromatic rings. The van der Waals surface area contributed by atoms with Gasteiger partial charge in [-0.3, -0.25) is 10.1 Å². The molecule has 6 heteroatoms. The molecule has 0 aromatic heterocycles. The average Bonchev–Trinajstić information content (AvgIpc) is 2.71. The number of hydrogen-bond donors (Lipinski definition) is 2. The SMILES string of the molecule is CC(C)[C@H](N[C@@H](C)C(=O)Nc1ccc(C#N)cc1)c1ccc2c(c1)OCCO2. The molecule has 0 fully saturated rings. The molecule has 0 saturated carbocycles. The van der Waals surface area contributed by atoms with Crippen LogP contribution in [0.15, 0.2) is 42.5 Å². The maximum absolute atomic E-state index is 12.6. The Hall–Kier alpha value is -3.04. The lowest BCUT2D eigenvalue weighted by Gasteiger charge is -2.28. The van der Waals surface area contributed by atoms with E-state index in [0.29, 0.717) is 24.5 Å². The van der Waals surface area contributed by atoms with Gasteiger partial charge in [-0.25, -0.2) is 0 Å². The van der Waals surface area contributed by atoms with E-state index in [9.17, 15) is 4.79 Å². The zero-order valence-corrected chi connectivity index (χ0v) is 16.4. The van der Waals surface area contributed by atoms with Crippen molar-refractivity contribution in [2.75, 3.05) is 18.5 Å². The molecular formula is C22H25N3O3. The molecule has 0 saturated heterocycles. The van der Waals surface area contributed by atoms with Crippen molar-refractivity contribution in [1.29, 1.82) is 5.26 Å². The van der Waals surface area contributed by atoms with E-state index in [0.717, 1.165) is 17.1 Å². The lowest BCUT2D eigenvalue weighted by Crippen LogP contribution is -2.41. The first-order valence-electron chi connectivity index (χ1n) is 9.44. The van der Waals surface area contributed by atoms with Crippen molar-refractivity contribution >= 4 is 11.6 Å². The maximum Gasteiger partial charge on any atom is 0.241 e. The number of benzene rings is 2. The molecule has 6 nitrogen and oxygen atoms in total. The van der Waals surface area contributed by atoms with Gasteiger partial charge in [-0.2, -0.15) is 5.26 Å². The molecule has 1 aliphatic heterocycles. The number of carbonyl (C=O) groups excluding carboxylic acids is 1. The molecule has 0 spiro atoms. The van der Waals surface area contributed by atoms with Crippen LogP contribution in [0.2, 0.25) is 0 Å². The Balaban J connectivity index is 1.69. The quantitative estimate of drug-likeness (QED) is 0.801. The molecule has 1 aliphatic rings. The second-order valence-corrected chi connectivity index (χ2v) is 7.19. The number of nitrogens with zero attached hydrogens (tertiary/aromatic N) is 1. The third-order valence-corrected chi connectivity index (χ3v) is 4.70. The fourth-order valence-corrected chi connectivity index (χ4v) is 3.15. The molecule has 1 heterocycles. The Morgan fingerprint density at radius 1 is 1.04 bits per heavy atom. The highest BCUT2D eigenvalue weighted by atomic mass is 16.6. The third kappa shape index (κ3) is 4.62. The van der Waals surface area contributed by atoms with Crippen LogP contribution in [0.4, 0.5) is 5.69 Å². The van der Waals surface area contributed by atoms with Gasteiger partial charge in [0.1, 0.15) is 13.2 Å². The summed E-state index contributed by atoms with van der Waals surface area (Å²) in [6.07, 6.45) is 0. The maximum atomic E-state index is 12.6. The molecule has 0 aliphatic carbocycles. The molecule has 146 valence electrons. The molecule has 0 unspecified atom stereocenters. The Morgan fingerprint density at radius 3 is 2.36 bits per heavy atom. The predicted molar refractivity (Wildman–Crippen MR) is 107 cm³/mol. The summed E-state index contributed by atoms with van der Waals surface area (Å²) in [6.45, 7) is 7.16. The van der Waals surface area contributed by atoms with Gasteiger partial charge in [0.25, 0.3) is 0 Å². The summed E-state index contributed by atoms with van der Waals surface area (Å²) in [5.74, 6) is 1.63. The zero-order valence-electron chi connectivity index (χ0n) is 16.4. The van der Waals surface area contributed by atoms with Crippen molar-refractivity contribution in [2.24, 2.45) is 5.92 Å². The highest BCUT2D eigenvalue weighted by Gasteiger charge is 2.23. The van der Waals surface area contributed by atoms with Crippen molar-refractivity contribution in [3.63, 3.8) is 0 Å². The molecule has 3 rings (SSSR count). The van der Waals surface area contributed by atoms with E-state index >= 15 is 0 Å². The normalized spacial score (nSPS) is 14.8. The summed E-state index contributed by atoms with van der Waals surface area (Å²) in [6, 6.07) is 14.4. The van der Waals surface area contributed by atoms with Crippen molar-refractivity contribution in [1.82, 2.24) is 5.32 Å². The van der Waals surface area contributed by atoms with Crippen molar-refractivity contribution in [3.8, 4) is 17.6 Å². The van der Waals surface area contributed by atoms with Crippen LogP contribution in [0, 0.1) is 17.2 Å². The summed E-state index contributed by atoms with van der Waals surface area (Å²) in [7, 11) is 0. The average molecular weight is 379 g/mol. The molecule has 1 amide bonds. The largest absolute Gasteiger partial charge is 0.486 e. The number of nitriles is 1. The second-order valence-electron chi connectivity index (χ2n) is 7.19. The molecule has 0 radical (unpaired) electrons. The van der Waals surface area contributed by atoms with Gasteiger partial charge in [-0.15, -0.1) is 0 Å². The summed E-state index contributed by atoms with van der Waals surface area (Å²) in [5.41, 5.74) is 2.28. The van der Waals surface area contributed by atoms with Gasteiger partial charge < -0.3 is 14.8 Å². The van der Waals surface area contributed by atoms with Crippen LogP contribution in [0.5, 0.6) is 11.5 Å². The minimum absolute atomic E-state index is 0.0162. The first kappa shape index (κ1) is 19.7. The molecular weight excluding hydrogens is 354 g/mol. The monoisotopic (exact) mass is 379 g/mol. The number of rotatable bonds is 6. The molecule has 0 bridgehead atoms. The van der Waals surface area contributed by atoms with Gasteiger partial charge in [0.15, 0.2) is 11.5 Å². The lowest BCUT2D eigenvalue weighted by molar-refractivity contribution is -0.118. The number of hydrogen-bond acceptors (Lipinski definition) is 5. The van der Waals surface area contributed by atoms with Gasteiger partial charge in [0, 0.05) is 11.7 Å². The van der Waals surface area contributed by atoms with Crippen molar-refractivity contribution in [3.05, 3.63) is 53.6 Å². The van der Waals surface area contributed by atoms with Crippen LogP contribution in [0.3, 0.4) is 0 Å². The number of anilines is 1. The van der Waals surface area contributed by atoms with E-state index in [1.54, 1.807) is 24.3 Å². The van der Waals surface area contributed by atoms with Crippen LogP contribution >= 0.6 is 0 Å². The highest BCUT2D eigenvalue weighted by molar-refractivity contribution is 5.94. The standard InChI is InChI=1S/C22H25N3O3/c1-14(2)21(17-6-9-19-20(12-17)28-11-10-27-19)24-15(3)22(26)25-18-7-4-16(13-23)5-8-18/h4-9,12,14-15,21,24H,10-11H2,1-3H3,(H,25,26)/t15-,21-/m0/s1. The summed E-state index contributed by atoms with van der Waals surface area (Å²) >= 11 is 0. The molecule has 2 atom stereocenters. The van der Waals surface area contributed by atoms with Crippen LogP contribution in [0.1, 0.15) is 37.9 Å². The van der Waals surface area contributed by atoms with Crippen LogP contribution in [-0.2, 0) is 4.79 Å². The van der Waals surface area contributed by atoms with Crippen molar-refractivity contribution in [2.45, 2.75) is 32.9 Å². The summed E-state index contributed by atoms with van der Waals surface area (Å²) in [5, 5.41) is 15.2. The third-order valence-electron chi connectivity index (χ3n) is 4.70. The van der Waals surface area contributed by atoms with E-state index in [1.807, 2.05) is 25.1 Å². The van der Waals surface area contributed by atoms with E-state index in [1.165, 1.54) is 0 Å². The summed E-state index contributed by atoms with van der Waals surface area (Å²) in [4.78, 5) is 12.6. The Labute approximate surface area is 165 Å². The smallest absolute Gasteiger partial charge is 0.241 e. The number of carbonyl (C=O) groups is 1. The Morgan fingerprint density at radius 2 is 1.71 bits per heavy atom. The van der Waals surface area contributed by atoms with Gasteiger partial charge in [-0.1, -0.05) is 19.9 Å². The number of fused-ring (bicyclic) bond motifs is 1. The zero-order chi connectivity index (χ0) is 20.1. The van der Waals surface area contributed by atoms with Gasteiger partial charge >= 0.3 is 0 Å². The second kappa shape index (κ2) is 8.77. The number of nitrogens with one attached hydrogen (secondary N) is 2. The number of amides is 1. The first-order chi connectivity index (χ1) is 13.5. The highest BCUT2D eigenvalue weighted by Crippen LogP contribution is 2.34. The first-order valence-corrected chi connectivity index (χ1v) is 9.44. The predicted octanol–water partition coefficient (Wildman–Crippen LogP) is 3.64. The molecule has 2 aromatic carbocycles. The van der Waals surface area contributed by atoms with Crippen LogP contribution in [-0.4, -0.2) is 25.2 Å². The summed E-state index contributed by atoms with van der Waals surface area (Å²) < 4.78 is 11.3. The Bertz CT molecular complexity index is 872. The van der Waals surface area contributed by atoms with Crippen LogP contribution < -0.4 is 20.1 Å².